The quantitative estimate of drug-likeness (QED) is 0.0215. The van der Waals surface area contributed by atoms with Crippen LogP contribution in [-0.2, 0) is 14.3 Å². The first-order chi connectivity index (χ1) is 38.2. The molecule has 1 aliphatic heterocycles. The molecule has 1 aliphatic rings. The van der Waals surface area contributed by atoms with Crippen molar-refractivity contribution < 1.29 is 50.0 Å². The maximum Gasteiger partial charge on any atom is 0.249 e. The number of hydrogen-bond donors (Lipinski definition) is 8. The molecule has 0 bridgehead atoms. The molecule has 1 heterocycles. The molecule has 0 aromatic rings. The molecule has 1 amide bonds. The number of hydrogen-bond acceptors (Lipinski definition) is 10. The number of allylic oxidation sites excluding steroid dienone is 2. The third kappa shape index (κ3) is 43.5. The largest absolute Gasteiger partial charge is 0.394 e. The van der Waals surface area contributed by atoms with Crippen molar-refractivity contribution in [1.82, 2.24) is 5.32 Å². The Hall–Kier alpha value is -1.15. The lowest BCUT2D eigenvalue weighted by molar-refractivity contribution is -0.303. The van der Waals surface area contributed by atoms with Crippen LogP contribution in [0.15, 0.2) is 12.2 Å². The van der Waals surface area contributed by atoms with Crippen molar-refractivity contribution in [2.24, 2.45) is 0 Å². The van der Waals surface area contributed by atoms with Gasteiger partial charge in [-0.05, 0) is 38.5 Å². The number of unbranched alkanes of at least 4 members (excludes halogenated alkanes) is 46. The lowest BCUT2D eigenvalue weighted by Gasteiger charge is -2.40. The van der Waals surface area contributed by atoms with Crippen LogP contribution in [0.25, 0.3) is 0 Å². The summed E-state index contributed by atoms with van der Waals surface area (Å²) in [6.45, 7) is 3.50. The summed E-state index contributed by atoms with van der Waals surface area (Å²) in [7, 11) is 0. The number of rotatable bonds is 60. The SMILES string of the molecule is CCCCCCCCCCCCCCCCCCC/C=C/CCCC(O)C(O)C(COC1OC(CO)C(O)C(O)C1O)NC(=O)C(O)CCCCCCCCCCCCCCCCCCCCCCCCCCCCCCC. The van der Waals surface area contributed by atoms with Gasteiger partial charge in [-0.15, -0.1) is 0 Å². The molecule has 1 rings (SSSR count). The van der Waals surface area contributed by atoms with E-state index >= 15 is 0 Å². The Labute approximate surface area is 481 Å². The van der Waals surface area contributed by atoms with Crippen molar-refractivity contribution in [2.75, 3.05) is 13.2 Å². The topological polar surface area (TPSA) is 189 Å². The highest BCUT2D eigenvalue weighted by molar-refractivity contribution is 5.80. The Morgan fingerprint density at radius 3 is 1.10 bits per heavy atom. The van der Waals surface area contributed by atoms with Crippen molar-refractivity contribution in [3.63, 3.8) is 0 Å². The number of carbonyl (C=O) groups excluding carboxylic acids is 1. The Balaban J connectivity index is 2.21. The molecule has 0 saturated carbocycles. The first kappa shape index (κ1) is 74.9. The van der Waals surface area contributed by atoms with Gasteiger partial charge in [0.2, 0.25) is 5.91 Å². The lowest BCUT2D eigenvalue weighted by atomic mass is 9.98. The van der Waals surface area contributed by atoms with Crippen LogP contribution in [0.2, 0.25) is 0 Å². The van der Waals surface area contributed by atoms with Gasteiger partial charge in [-0.3, -0.25) is 4.79 Å². The Morgan fingerprint density at radius 1 is 0.436 bits per heavy atom. The molecular weight excluding hydrogens is 979 g/mol. The number of nitrogens with one attached hydrogen (secondary N) is 1. The summed E-state index contributed by atoms with van der Waals surface area (Å²) in [5.41, 5.74) is 0. The van der Waals surface area contributed by atoms with Gasteiger partial charge in [-0.25, -0.2) is 0 Å². The van der Waals surface area contributed by atoms with E-state index in [9.17, 15) is 40.5 Å². The zero-order valence-electron chi connectivity index (χ0n) is 51.2. The molecule has 0 aromatic carbocycles. The average Bonchev–Trinajstić information content (AvgIpc) is 3.46. The van der Waals surface area contributed by atoms with E-state index in [1.54, 1.807) is 0 Å². The molecular formula is C67H131NO10. The monoisotopic (exact) mass is 1110 g/mol. The number of carbonyl (C=O) groups is 1. The van der Waals surface area contributed by atoms with Gasteiger partial charge in [0.25, 0.3) is 0 Å². The first-order valence-corrected chi connectivity index (χ1v) is 34.1. The Bertz CT molecular complexity index is 1270. The van der Waals surface area contributed by atoms with Crippen LogP contribution >= 0.6 is 0 Å². The van der Waals surface area contributed by atoms with Crippen molar-refractivity contribution >= 4 is 5.91 Å². The molecule has 8 N–H and O–H groups in total. The minimum Gasteiger partial charge on any atom is -0.394 e. The van der Waals surface area contributed by atoms with Crippen LogP contribution < -0.4 is 5.32 Å². The summed E-state index contributed by atoms with van der Waals surface area (Å²) in [5, 5.41) is 76.4. The molecule has 0 aliphatic carbocycles. The average molecular weight is 1110 g/mol. The number of amides is 1. The van der Waals surface area contributed by atoms with Crippen LogP contribution in [0.3, 0.4) is 0 Å². The molecule has 78 heavy (non-hydrogen) atoms. The van der Waals surface area contributed by atoms with Gasteiger partial charge in [-0.1, -0.05) is 315 Å². The summed E-state index contributed by atoms with van der Waals surface area (Å²) in [6, 6.07) is -1.18. The zero-order chi connectivity index (χ0) is 56.8. The fourth-order valence-electron chi connectivity index (χ4n) is 11.3. The van der Waals surface area contributed by atoms with Crippen molar-refractivity contribution in [3.8, 4) is 0 Å². The van der Waals surface area contributed by atoms with E-state index in [4.69, 9.17) is 9.47 Å². The van der Waals surface area contributed by atoms with Gasteiger partial charge in [0, 0.05) is 0 Å². The van der Waals surface area contributed by atoms with Crippen LogP contribution in [-0.4, -0.2) is 110 Å². The maximum absolute atomic E-state index is 13.2. The molecule has 1 fully saturated rings. The van der Waals surface area contributed by atoms with Crippen LogP contribution in [0.1, 0.15) is 341 Å². The third-order valence-corrected chi connectivity index (χ3v) is 16.8. The van der Waals surface area contributed by atoms with Gasteiger partial charge < -0.3 is 50.5 Å². The maximum atomic E-state index is 13.2. The molecule has 0 spiro atoms. The Kier molecular flexibility index (Phi) is 54.1. The summed E-state index contributed by atoms with van der Waals surface area (Å²) in [6.07, 6.45) is 57.2. The summed E-state index contributed by atoms with van der Waals surface area (Å²) in [4.78, 5) is 13.2. The fraction of sp³-hybridized carbons (Fsp3) is 0.955. The summed E-state index contributed by atoms with van der Waals surface area (Å²) < 4.78 is 11.2. The van der Waals surface area contributed by atoms with Crippen LogP contribution in [0.5, 0.6) is 0 Å². The highest BCUT2D eigenvalue weighted by atomic mass is 16.7. The van der Waals surface area contributed by atoms with Gasteiger partial charge in [0.15, 0.2) is 6.29 Å². The van der Waals surface area contributed by atoms with E-state index in [-0.39, 0.29) is 12.8 Å². The molecule has 9 unspecified atom stereocenters. The normalized spacial score (nSPS) is 19.4. The third-order valence-electron chi connectivity index (χ3n) is 16.8. The van der Waals surface area contributed by atoms with Gasteiger partial charge in [0.05, 0.1) is 25.4 Å². The molecule has 0 radical (unpaired) electrons. The molecule has 1 saturated heterocycles. The number of aliphatic hydroxyl groups is 7. The van der Waals surface area contributed by atoms with Gasteiger partial charge in [-0.2, -0.15) is 0 Å². The van der Waals surface area contributed by atoms with Crippen molar-refractivity contribution in [3.05, 3.63) is 12.2 Å². The minimum atomic E-state index is -1.67. The first-order valence-electron chi connectivity index (χ1n) is 34.1. The van der Waals surface area contributed by atoms with Crippen LogP contribution in [0.4, 0.5) is 0 Å². The van der Waals surface area contributed by atoms with Crippen LogP contribution in [0, 0.1) is 0 Å². The standard InChI is InChI=1S/C67H131NO10/c1-3-5-7-9-11-13-15-17-19-21-23-25-27-28-29-30-31-32-33-35-37-39-41-43-45-47-49-51-53-55-60(71)66(76)68-58(57-77-67-65(75)64(74)63(73)61(56-69)78-67)62(72)59(70)54-52-50-48-46-44-42-40-38-36-34-26-24-22-20-18-16-14-12-10-8-6-4-2/h46,48,58-65,67,69-75H,3-45,47,49-57H2,1-2H3,(H,68,76)/b48-46+. The number of ether oxygens (including phenoxy) is 2. The zero-order valence-corrected chi connectivity index (χ0v) is 51.2. The molecule has 9 atom stereocenters. The predicted octanol–water partition coefficient (Wildman–Crippen LogP) is 15.9. The van der Waals surface area contributed by atoms with E-state index in [2.05, 4.69) is 31.3 Å². The highest BCUT2D eigenvalue weighted by Crippen LogP contribution is 2.24. The van der Waals surface area contributed by atoms with Gasteiger partial charge >= 0.3 is 0 Å². The van der Waals surface area contributed by atoms with Gasteiger partial charge in [0.1, 0.15) is 36.6 Å². The summed E-state index contributed by atoms with van der Waals surface area (Å²) >= 11 is 0. The van der Waals surface area contributed by atoms with Crippen molar-refractivity contribution in [2.45, 2.75) is 396 Å². The van der Waals surface area contributed by atoms with E-state index in [0.717, 1.165) is 38.5 Å². The highest BCUT2D eigenvalue weighted by Gasteiger charge is 2.44. The second-order valence-electron chi connectivity index (χ2n) is 24.3. The molecule has 11 heteroatoms. The number of aliphatic hydroxyl groups excluding tert-OH is 7. The minimum absolute atomic E-state index is 0.260. The predicted molar refractivity (Wildman–Crippen MR) is 326 cm³/mol. The van der Waals surface area contributed by atoms with E-state index in [0.29, 0.717) is 12.8 Å². The molecule has 464 valence electrons. The lowest BCUT2D eigenvalue weighted by Crippen LogP contribution is -2.60. The summed E-state index contributed by atoms with van der Waals surface area (Å²) in [5.74, 6) is -0.698. The second kappa shape index (κ2) is 56.3. The van der Waals surface area contributed by atoms with E-state index < -0.39 is 74.2 Å². The molecule has 0 aromatic heterocycles. The van der Waals surface area contributed by atoms with E-state index in [1.165, 1.54) is 263 Å². The Morgan fingerprint density at radius 2 is 0.756 bits per heavy atom. The van der Waals surface area contributed by atoms with E-state index in [1.807, 2.05) is 0 Å². The van der Waals surface area contributed by atoms with Crippen molar-refractivity contribution in [1.29, 1.82) is 0 Å². The second-order valence-corrected chi connectivity index (χ2v) is 24.3. The smallest absolute Gasteiger partial charge is 0.249 e. The molecule has 11 nitrogen and oxygen atoms in total. The fourth-order valence-corrected chi connectivity index (χ4v) is 11.3.